The van der Waals surface area contributed by atoms with E-state index in [9.17, 15) is 34.2 Å². The second-order valence-corrected chi connectivity index (χ2v) is 14.4. The number of ether oxygens (including phenoxy) is 1. The topological polar surface area (TPSA) is 191 Å². The molecule has 3 fully saturated rings. The summed E-state index contributed by atoms with van der Waals surface area (Å²) in [6, 6.07) is -2.05. The first kappa shape index (κ1) is 33.7. The number of aryl methyl sites for hydroxylation is 1. The fraction of sp³-hybridized carbons (Fsp3) is 0.647. The van der Waals surface area contributed by atoms with Crippen LogP contribution in [0.4, 0.5) is 0 Å². The summed E-state index contributed by atoms with van der Waals surface area (Å²) in [4.78, 5) is 66.0. The standard InChI is InChI=1S/C34H46N4O8/c1-18-11-24-23-6-5-20-12-22(39)7-9-33(20,3)30(23)26(40)14-34(24,4)29(18)27(41)16-46-28(42)8-10-38-15-21(36-17-38)13-25(32(44)45)37-31(43)19(2)35/h7,9,12,15,17-19,23-26,29-30,40H,5-6,8,10-11,13-14,16,35H2,1-4H3,(H,37,43)(H,44,45)/t18-,19?,23+,24?,25?,26+,29-,30?,33+,34+/m1/s1. The number of esters is 1. The summed E-state index contributed by atoms with van der Waals surface area (Å²) in [5.74, 6) is -2.26. The number of allylic oxidation sites excluding steroid dienone is 4. The Hall–Kier alpha value is -3.64. The van der Waals surface area contributed by atoms with Crippen LogP contribution in [0.1, 0.15) is 65.5 Å². The third-order valence-electron chi connectivity index (χ3n) is 11.3. The number of hydrogen-bond acceptors (Lipinski definition) is 9. The summed E-state index contributed by atoms with van der Waals surface area (Å²) in [6.45, 7) is 7.67. The van der Waals surface area contributed by atoms with Gasteiger partial charge in [-0.15, -0.1) is 0 Å². The van der Waals surface area contributed by atoms with Gasteiger partial charge in [0.25, 0.3) is 0 Å². The van der Waals surface area contributed by atoms with Crippen molar-refractivity contribution in [2.75, 3.05) is 6.61 Å². The highest BCUT2D eigenvalue weighted by Crippen LogP contribution is 2.67. The molecule has 4 aliphatic carbocycles. The van der Waals surface area contributed by atoms with Crippen molar-refractivity contribution < 1.29 is 38.9 Å². The van der Waals surface area contributed by atoms with E-state index in [1.165, 1.54) is 13.3 Å². The number of carbonyl (C=O) groups excluding carboxylic acids is 4. The Kier molecular flexibility index (Phi) is 9.43. The van der Waals surface area contributed by atoms with Crippen molar-refractivity contribution in [3.63, 3.8) is 0 Å². The molecule has 1 heterocycles. The van der Waals surface area contributed by atoms with Crippen LogP contribution in [0, 0.1) is 40.4 Å². The minimum atomic E-state index is -1.21. The van der Waals surface area contributed by atoms with Gasteiger partial charge in [-0.2, -0.15) is 0 Å². The maximum absolute atomic E-state index is 13.7. The Balaban J connectivity index is 1.16. The second-order valence-electron chi connectivity index (χ2n) is 14.4. The van der Waals surface area contributed by atoms with Gasteiger partial charge < -0.3 is 30.6 Å². The van der Waals surface area contributed by atoms with E-state index in [1.807, 2.05) is 6.08 Å². The molecule has 0 aliphatic heterocycles. The van der Waals surface area contributed by atoms with E-state index >= 15 is 0 Å². The van der Waals surface area contributed by atoms with E-state index in [0.29, 0.717) is 12.1 Å². The van der Waals surface area contributed by atoms with Gasteiger partial charge in [0.1, 0.15) is 12.6 Å². The average molecular weight is 639 g/mol. The summed E-state index contributed by atoms with van der Waals surface area (Å²) in [5.41, 5.74) is 6.24. The molecule has 5 rings (SSSR count). The van der Waals surface area contributed by atoms with Crippen molar-refractivity contribution in [2.24, 2.45) is 46.2 Å². The molecule has 0 spiro atoms. The molecular weight excluding hydrogens is 592 g/mol. The van der Waals surface area contributed by atoms with Crippen molar-refractivity contribution in [2.45, 2.75) is 91.0 Å². The van der Waals surface area contributed by atoms with Crippen molar-refractivity contribution in [1.82, 2.24) is 14.9 Å². The zero-order chi connectivity index (χ0) is 33.6. The first-order valence-corrected chi connectivity index (χ1v) is 16.2. The van der Waals surface area contributed by atoms with Gasteiger partial charge >= 0.3 is 11.9 Å². The number of carboxylic acid groups (broad SMARTS) is 1. The highest BCUT2D eigenvalue weighted by Gasteiger charge is 2.64. The number of aromatic nitrogens is 2. The number of carbonyl (C=O) groups is 5. The van der Waals surface area contributed by atoms with Crippen LogP contribution >= 0.6 is 0 Å². The molecule has 250 valence electrons. The number of nitrogens with zero attached hydrogens (tertiary/aromatic N) is 2. The van der Waals surface area contributed by atoms with Gasteiger partial charge in [-0.3, -0.25) is 19.2 Å². The van der Waals surface area contributed by atoms with Crippen molar-refractivity contribution in [3.8, 4) is 0 Å². The maximum atomic E-state index is 13.7. The zero-order valence-corrected chi connectivity index (χ0v) is 27.0. The molecule has 10 atom stereocenters. The van der Waals surface area contributed by atoms with Gasteiger partial charge in [0, 0.05) is 36.4 Å². The molecule has 12 nitrogen and oxygen atoms in total. The second kappa shape index (κ2) is 12.9. The zero-order valence-electron chi connectivity index (χ0n) is 27.0. The molecule has 12 heteroatoms. The maximum Gasteiger partial charge on any atom is 0.326 e. The van der Waals surface area contributed by atoms with Crippen molar-refractivity contribution in [1.29, 1.82) is 0 Å². The normalized spacial score (nSPS) is 34.4. The molecule has 0 saturated heterocycles. The number of ketones is 2. The van der Waals surface area contributed by atoms with Crippen LogP contribution < -0.4 is 11.1 Å². The number of fused-ring (bicyclic) bond motifs is 5. The van der Waals surface area contributed by atoms with Crippen LogP contribution in [0.5, 0.6) is 0 Å². The number of amides is 1. The lowest BCUT2D eigenvalue weighted by Gasteiger charge is -2.58. The van der Waals surface area contributed by atoms with E-state index in [-0.39, 0.29) is 72.6 Å². The fourth-order valence-electron chi connectivity index (χ4n) is 9.26. The summed E-state index contributed by atoms with van der Waals surface area (Å²) < 4.78 is 7.06. The van der Waals surface area contributed by atoms with E-state index < -0.39 is 41.4 Å². The minimum Gasteiger partial charge on any atom is -0.480 e. The molecule has 0 aromatic carbocycles. The van der Waals surface area contributed by atoms with Crippen LogP contribution in [-0.4, -0.2) is 74.0 Å². The van der Waals surface area contributed by atoms with Gasteiger partial charge in [-0.05, 0) is 67.9 Å². The van der Waals surface area contributed by atoms with E-state index in [4.69, 9.17) is 10.5 Å². The Morgan fingerprint density at radius 1 is 1.26 bits per heavy atom. The lowest BCUT2D eigenvalue weighted by atomic mass is 9.46. The molecule has 1 aromatic heterocycles. The number of carboxylic acids is 1. The lowest BCUT2D eigenvalue weighted by Crippen LogP contribution is -2.56. The molecular formula is C34H46N4O8. The molecule has 4 unspecified atom stereocenters. The number of aliphatic hydroxyl groups is 1. The number of hydrogen-bond donors (Lipinski definition) is 4. The van der Waals surface area contributed by atoms with Crippen LogP contribution in [0.3, 0.4) is 0 Å². The molecule has 46 heavy (non-hydrogen) atoms. The third kappa shape index (κ3) is 6.33. The van der Waals surface area contributed by atoms with Gasteiger partial charge in [0.05, 0.1) is 30.6 Å². The molecule has 3 saturated carbocycles. The fourth-order valence-corrected chi connectivity index (χ4v) is 9.26. The van der Waals surface area contributed by atoms with E-state index in [1.54, 1.807) is 22.9 Å². The highest BCUT2D eigenvalue weighted by atomic mass is 16.5. The Bertz CT molecular complexity index is 1460. The minimum absolute atomic E-state index is 0.000485. The SMILES string of the molecule is CC(N)C(=O)NC(Cc1cn(CCC(=O)OCC(=O)[C@H]2[C@H](C)CC3[C@@H]4CCC5=CC(=O)C=C[C@]5(C)C4[C@@H](O)C[C@@]32C)cn1)C(=O)O. The number of imidazole rings is 1. The first-order valence-electron chi connectivity index (χ1n) is 16.2. The number of aliphatic carboxylic acids is 1. The van der Waals surface area contributed by atoms with Crippen LogP contribution in [0.2, 0.25) is 0 Å². The highest BCUT2D eigenvalue weighted by molar-refractivity contribution is 6.01. The van der Waals surface area contributed by atoms with Crippen molar-refractivity contribution >= 4 is 29.4 Å². The predicted molar refractivity (Wildman–Crippen MR) is 166 cm³/mol. The van der Waals surface area contributed by atoms with Gasteiger partial charge in [-0.1, -0.05) is 32.4 Å². The third-order valence-corrected chi connectivity index (χ3v) is 11.3. The number of Topliss-reactive ketones (excluding diaryl/α,β-unsaturated/α-hetero) is 1. The molecule has 5 N–H and O–H groups in total. The summed E-state index contributed by atoms with van der Waals surface area (Å²) >= 11 is 0. The summed E-state index contributed by atoms with van der Waals surface area (Å²) in [6.07, 6.45) is 10.8. The largest absolute Gasteiger partial charge is 0.480 e. The number of nitrogens with one attached hydrogen (secondary N) is 1. The van der Waals surface area contributed by atoms with E-state index in [2.05, 4.69) is 31.1 Å². The predicted octanol–water partition coefficient (Wildman–Crippen LogP) is 1.99. The number of aliphatic hydroxyl groups excluding tert-OH is 1. The van der Waals surface area contributed by atoms with Crippen LogP contribution in [0.25, 0.3) is 0 Å². The van der Waals surface area contributed by atoms with Crippen LogP contribution in [0.15, 0.2) is 36.3 Å². The molecule has 4 aliphatic rings. The van der Waals surface area contributed by atoms with E-state index in [0.717, 1.165) is 24.8 Å². The molecule has 1 amide bonds. The lowest BCUT2D eigenvalue weighted by molar-refractivity contribution is -0.154. The first-order chi connectivity index (χ1) is 21.6. The summed E-state index contributed by atoms with van der Waals surface area (Å²) in [7, 11) is 0. The summed E-state index contributed by atoms with van der Waals surface area (Å²) in [5, 5.41) is 23.4. The van der Waals surface area contributed by atoms with Gasteiger partial charge in [0.2, 0.25) is 5.91 Å². The number of rotatable bonds is 11. The number of nitrogens with two attached hydrogens (primary N) is 1. The average Bonchev–Trinajstić information content (AvgIpc) is 3.54. The van der Waals surface area contributed by atoms with Gasteiger partial charge in [-0.25, -0.2) is 9.78 Å². The molecule has 1 aromatic rings. The molecule has 0 radical (unpaired) electrons. The smallest absolute Gasteiger partial charge is 0.326 e. The quantitative estimate of drug-likeness (QED) is 0.261. The van der Waals surface area contributed by atoms with Gasteiger partial charge in [0.15, 0.2) is 11.6 Å². The monoisotopic (exact) mass is 638 g/mol. The van der Waals surface area contributed by atoms with Crippen LogP contribution in [-0.2, 0) is 41.7 Å². The Labute approximate surface area is 268 Å². The molecule has 0 bridgehead atoms. The Morgan fingerprint density at radius 3 is 2.70 bits per heavy atom. The van der Waals surface area contributed by atoms with Crippen molar-refractivity contribution in [3.05, 3.63) is 42.0 Å². The Morgan fingerprint density at radius 2 is 2.00 bits per heavy atom.